The summed E-state index contributed by atoms with van der Waals surface area (Å²) in [4.78, 5) is 13.7. The monoisotopic (exact) mass is 288 g/mol. The van der Waals surface area contributed by atoms with Gasteiger partial charge in [0.15, 0.2) is 0 Å². The molecule has 0 aromatic rings. The lowest BCUT2D eigenvalue weighted by Crippen LogP contribution is -2.44. The second kappa shape index (κ2) is 7.81. The lowest BCUT2D eigenvalue weighted by molar-refractivity contribution is 0.0289. The second-order valence-corrected chi connectivity index (χ2v) is 6.24. The zero-order valence-electron chi connectivity index (χ0n) is 13.0. The first-order valence-corrected chi connectivity index (χ1v) is 7.19. The Morgan fingerprint density at radius 1 is 1.50 bits per heavy atom. The van der Waals surface area contributed by atoms with Crippen LogP contribution in [0, 0.1) is 0 Å². The van der Waals surface area contributed by atoms with Gasteiger partial charge in [0.2, 0.25) is 0 Å². The molecule has 2 N–H and O–H groups in total. The second-order valence-electron chi connectivity index (χ2n) is 6.24. The number of aliphatic hydroxyl groups excluding tert-OH is 1. The number of hydrogen-bond donors (Lipinski definition) is 2. The van der Waals surface area contributed by atoms with Crippen molar-refractivity contribution in [1.29, 1.82) is 0 Å². The van der Waals surface area contributed by atoms with Gasteiger partial charge in [0, 0.05) is 38.9 Å². The van der Waals surface area contributed by atoms with E-state index in [2.05, 4.69) is 5.32 Å². The number of aliphatic hydroxyl groups is 1. The van der Waals surface area contributed by atoms with Crippen molar-refractivity contribution in [1.82, 2.24) is 10.2 Å². The van der Waals surface area contributed by atoms with Crippen LogP contribution in [-0.4, -0.2) is 67.2 Å². The number of amides is 1. The Labute approximate surface area is 121 Å². The maximum Gasteiger partial charge on any atom is 0.410 e. The van der Waals surface area contributed by atoms with Crippen molar-refractivity contribution < 1.29 is 19.4 Å². The summed E-state index contributed by atoms with van der Waals surface area (Å²) in [6.45, 7) is 7.63. The molecule has 1 fully saturated rings. The third-order valence-electron chi connectivity index (χ3n) is 3.16. The fourth-order valence-corrected chi connectivity index (χ4v) is 2.29. The number of carbonyl (C=O) groups is 1. The van der Waals surface area contributed by atoms with Crippen molar-refractivity contribution in [3.63, 3.8) is 0 Å². The van der Waals surface area contributed by atoms with E-state index < -0.39 is 5.60 Å². The van der Waals surface area contributed by atoms with Gasteiger partial charge in [-0.1, -0.05) is 0 Å². The molecule has 118 valence electrons. The van der Waals surface area contributed by atoms with Gasteiger partial charge < -0.3 is 24.8 Å². The van der Waals surface area contributed by atoms with Gasteiger partial charge in [0.25, 0.3) is 0 Å². The maximum absolute atomic E-state index is 12.0. The van der Waals surface area contributed by atoms with Crippen LogP contribution in [0.5, 0.6) is 0 Å². The van der Waals surface area contributed by atoms with E-state index in [1.54, 1.807) is 12.0 Å². The molecule has 0 radical (unpaired) electrons. The molecule has 20 heavy (non-hydrogen) atoms. The van der Waals surface area contributed by atoms with E-state index in [1.807, 2.05) is 20.8 Å². The van der Waals surface area contributed by atoms with Gasteiger partial charge in [0.1, 0.15) is 5.60 Å². The van der Waals surface area contributed by atoms with E-state index >= 15 is 0 Å². The van der Waals surface area contributed by atoms with Crippen LogP contribution in [0.1, 0.15) is 33.6 Å². The van der Waals surface area contributed by atoms with Gasteiger partial charge in [-0.05, 0) is 33.6 Å². The van der Waals surface area contributed by atoms with Gasteiger partial charge in [-0.25, -0.2) is 4.79 Å². The maximum atomic E-state index is 12.0. The number of likely N-dealkylation sites (tertiary alicyclic amines) is 1. The predicted octanol–water partition coefficient (Wildman–Crippen LogP) is 0.983. The van der Waals surface area contributed by atoms with Gasteiger partial charge in [0.05, 0.1) is 6.61 Å². The summed E-state index contributed by atoms with van der Waals surface area (Å²) in [5, 5.41) is 12.5. The van der Waals surface area contributed by atoms with Crippen molar-refractivity contribution in [3.05, 3.63) is 0 Å². The average Bonchev–Trinajstić information content (AvgIpc) is 2.76. The van der Waals surface area contributed by atoms with E-state index in [-0.39, 0.29) is 24.8 Å². The lowest BCUT2D eigenvalue weighted by Gasteiger charge is -2.25. The molecule has 0 bridgehead atoms. The molecule has 0 saturated carbocycles. The minimum Gasteiger partial charge on any atom is -0.444 e. The molecular weight excluding hydrogens is 260 g/mol. The molecule has 1 saturated heterocycles. The normalized spacial score (nSPS) is 21.1. The van der Waals surface area contributed by atoms with Crippen molar-refractivity contribution in [2.24, 2.45) is 0 Å². The Bertz CT molecular complexity index is 298. The molecule has 6 nitrogen and oxygen atoms in total. The number of carbonyl (C=O) groups excluding carboxylic acids is 1. The highest BCUT2D eigenvalue weighted by Gasteiger charge is 2.30. The molecular formula is C14H28N2O4. The molecule has 1 aliphatic heterocycles. The van der Waals surface area contributed by atoms with Crippen LogP contribution >= 0.6 is 0 Å². The number of hydrogen-bond acceptors (Lipinski definition) is 5. The summed E-state index contributed by atoms with van der Waals surface area (Å²) in [5.74, 6) is 0. The highest BCUT2D eigenvalue weighted by atomic mass is 16.6. The summed E-state index contributed by atoms with van der Waals surface area (Å²) in [6.07, 6.45) is 1.29. The number of nitrogens with one attached hydrogen (secondary N) is 1. The molecule has 1 amide bonds. The number of ether oxygens (including phenoxy) is 2. The minimum absolute atomic E-state index is 0.119. The van der Waals surface area contributed by atoms with Crippen LogP contribution in [0.4, 0.5) is 4.79 Å². The largest absolute Gasteiger partial charge is 0.444 e. The predicted molar refractivity (Wildman–Crippen MR) is 76.7 cm³/mol. The molecule has 0 spiro atoms. The number of methoxy groups -OCH3 is 1. The van der Waals surface area contributed by atoms with Crippen LogP contribution in [-0.2, 0) is 9.47 Å². The summed E-state index contributed by atoms with van der Waals surface area (Å²) in [5.41, 5.74) is -0.460. The SMILES string of the molecule is COCC(CCO)NC1CCN(C(=O)OC(C)(C)C)C1. The quantitative estimate of drug-likeness (QED) is 0.762. The molecule has 0 aromatic heterocycles. The highest BCUT2D eigenvalue weighted by Crippen LogP contribution is 2.16. The molecule has 6 heteroatoms. The molecule has 2 atom stereocenters. The summed E-state index contributed by atoms with van der Waals surface area (Å²) in [7, 11) is 1.65. The Hall–Kier alpha value is -0.850. The van der Waals surface area contributed by atoms with Crippen LogP contribution in [0.15, 0.2) is 0 Å². The Morgan fingerprint density at radius 3 is 2.75 bits per heavy atom. The third-order valence-corrected chi connectivity index (χ3v) is 3.16. The Kier molecular flexibility index (Phi) is 6.71. The van der Waals surface area contributed by atoms with Crippen molar-refractivity contribution in [2.75, 3.05) is 33.4 Å². The van der Waals surface area contributed by atoms with Crippen molar-refractivity contribution in [2.45, 2.75) is 51.3 Å². The Balaban J connectivity index is 2.40. The van der Waals surface area contributed by atoms with Crippen LogP contribution in [0.2, 0.25) is 0 Å². The van der Waals surface area contributed by atoms with Crippen LogP contribution < -0.4 is 5.32 Å². The number of nitrogens with zero attached hydrogens (tertiary/aromatic N) is 1. The first-order valence-electron chi connectivity index (χ1n) is 7.19. The van der Waals surface area contributed by atoms with Crippen molar-refractivity contribution in [3.8, 4) is 0 Å². The van der Waals surface area contributed by atoms with Crippen LogP contribution in [0.3, 0.4) is 0 Å². The van der Waals surface area contributed by atoms with E-state index in [0.29, 0.717) is 26.1 Å². The van der Waals surface area contributed by atoms with E-state index in [0.717, 1.165) is 6.42 Å². The van der Waals surface area contributed by atoms with Gasteiger partial charge in [-0.15, -0.1) is 0 Å². The summed E-state index contributed by atoms with van der Waals surface area (Å²) in [6, 6.07) is 0.350. The van der Waals surface area contributed by atoms with Gasteiger partial charge in [-0.3, -0.25) is 0 Å². The minimum atomic E-state index is -0.460. The summed E-state index contributed by atoms with van der Waals surface area (Å²) < 4.78 is 10.5. The number of rotatable bonds is 6. The van der Waals surface area contributed by atoms with Crippen LogP contribution in [0.25, 0.3) is 0 Å². The standard InChI is InChI=1S/C14H28N2O4/c1-14(2,3)20-13(18)16-7-5-11(9-16)15-12(6-8-17)10-19-4/h11-12,15,17H,5-10H2,1-4H3. The molecule has 2 unspecified atom stereocenters. The van der Waals surface area contributed by atoms with E-state index in [1.165, 1.54) is 0 Å². The summed E-state index contributed by atoms with van der Waals surface area (Å²) >= 11 is 0. The third kappa shape index (κ3) is 6.07. The smallest absolute Gasteiger partial charge is 0.410 e. The fraction of sp³-hybridized carbons (Fsp3) is 0.929. The highest BCUT2D eigenvalue weighted by molar-refractivity contribution is 5.68. The molecule has 1 aliphatic rings. The Morgan fingerprint density at radius 2 is 2.20 bits per heavy atom. The van der Waals surface area contributed by atoms with E-state index in [4.69, 9.17) is 14.6 Å². The molecule has 1 rings (SSSR count). The molecule has 0 aliphatic carbocycles. The first-order chi connectivity index (χ1) is 9.35. The zero-order valence-corrected chi connectivity index (χ0v) is 13.0. The molecule has 0 aromatic carbocycles. The molecule has 1 heterocycles. The van der Waals surface area contributed by atoms with Gasteiger partial charge >= 0.3 is 6.09 Å². The zero-order chi connectivity index (χ0) is 15.2. The van der Waals surface area contributed by atoms with E-state index in [9.17, 15) is 4.79 Å². The fourth-order valence-electron chi connectivity index (χ4n) is 2.29. The van der Waals surface area contributed by atoms with Crippen molar-refractivity contribution >= 4 is 6.09 Å². The first kappa shape index (κ1) is 17.2. The topological polar surface area (TPSA) is 71.0 Å². The lowest BCUT2D eigenvalue weighted by atomic mass is 10.1. The van der Waals surface area contributed by atoms with Gasteiger partial charge in [-0.2, -0.15) is 0 Å². The average molecular weight is 288 g/mol.